The van der Waals surface area contributed by atoms with E-state index in [0.29, 0.717) is 5.41 Å². The summed E-state index contributed by atoms with van der Waals surface area (Å²) in [7, 11) is 4.27. The minimum Gasteiger partial charge on any atom is -0.378 e. The normalized spacial score (nSPS) is 15.6. The van der Waals surface area contributed by atoms with Crippen molar-refractivity contribution in [1.82, 2.24) is 0 Å². The Morgan fingerprint density at radius 3 is 2.25 bits per heavy atom. The van der Waals surface area contributed by atoms with Crippen molar-refractivity contribution in [1.29, 1.82) is 0 Å². The average Bonchev–Trinajstić information content (AvgIpc) is 2.80. The van der Waals surface area contributed by atoms with Gasteiger partial charge in [0.15, 0.2) is 0 Å². The van der Waals surface area contributed by atoms with Gasteiger partial charge in [-0.3, -0.25) is 0 Å². The molecule has 0 fully saturated rings. The first-order chi connectivity index (χ1) is 11.6. The number of hydrogen-bond donors (Lipinski definition) is 0. The van der Waals surface area contributed by atoms with Crippen LogP contribution in [0.3, 0.4) is 0 Å². The van der Waals surface area contributed by atoms with Gasteiger partial charge in [0, 0.05) is 30.4 Å². The molecular weight excluding hydrogens is 310 g/mol. The molecule has 0 spiro atoms. The lowest BCUT2D eigenvalue weighted by Crippen LogP contribution is -2.24. The van der Waals surface area contributed by atoms with Crippen molar-refractivity contribution < 1.29 is 0 Å². The summed E-state index contributed by atoms with van der Waals surface area (Å²) in [6, 6.07) is 7.04. The number of anilines is 1. The van der Waals surface area contributed by atoms with Crippen LogP contribution in [0.5, 0.6) is 0 Å². The molecule has 1 aromatic rings. The molecule has 0 saturated carbocycles. The van der Waals surface area contributed by atoms with E-state index in [1.54, 1.807) is 5.56 Å². The average molecular weight is 346 g/mol. The Morgan fingerprint density at radius 2 is 1.71 bits per heavy atom. The molecule has 24 heavy (non-hydrogen) atoms. The van der Waals surface area contributed by atoms with E-state index in [1.807, 2.05) is 0 Å². The quantitative estimate of drug-likeness (QED) is 0.525. The Bertz CT molecular complexity index is 496. The summed E-state index contributed by atoms with van der Waals surface area (Å²) in [5, 5.41) is 0. The number of rotatable bonds is 7. The Labute approximate surface area is 154 Å². The van der Waals surface area contributed by atoms with Gasteiger partial charge in [-0.1, -0.05) is 39.5 Å². The zero-order chi connectivity index (χ0) is 18.0. The van der Waals surface area contributed by atoms with E-state index in [4.69, 9.17) is 0 Å². The lowest BCUT2D eigenvalue weighted by Gasteiger charge is -2.32. The van der Waals surface area contributed by atoms with E-state index >= 15 is 0 Å². The Balaban J connectivity index is 0.00000139. The van der Waals surface area contributed by atoms with E-state index in [2.05, 4.69) is 75.7 Å². The number of hydrogen-bond acceptors (Lipinski definition) is 2. The zero-order valence-electron chi connectivity index (χ0n) is 16.1. The molecule has 2 heteroatoms. The second kappa shape index (κ2) is 10.7. The number of unbranched alkanes of at least 4 members (excludes halogenated alkanes) is 2. The van der Waals surface area contributed by atoms with Crippen molar-refractivity contribution in [3.05, 3.63) is 23.8 Å². The van der Waals surface area contributed by atoms with Gasteiger partial charge in [0.1, 0.15) is 0 Å². The van der Waals surface area contributed by atoms with Crippen LogP contribution in [0.15, 0.2) is 23.1 Å². The Hall–Kier alpha value is -1.07. The van der Waals surface area contributed by atoms with Crippen LogP contribution in [-0.4, -0.2) is 19.8 Å². The van der Waals surface area contributed by atoms with Crippen molar-refractivity contribution in [2.24, 2.45) is 5.41 Å². The van der Waals surface area contributed by atoms with Crippen molar-refractivity contribution in [3.8, 4) is 12.8 Å². The van der Waals surface area contributed by atoms with Crippen LogP contribution in [0, 0.1) is 18.3 Å². The molecular formula is C22H35NS. The van der Waals surface area contributed by atoms with Gasteiger partial charge in [-0.05, 0) is 54.9 Å². The van der Waals surface area contributed by atoms with Gasteiger partial charge in [0.05, 0.1) is 0 Å². The summed E-state index contributed by atoms with van der Waals surface area (Å²) < 4.78 is 0. The third-order valence-electron chi connectivity index (χ3n) is 5.14. The molecule has 1 aliphatic heterocycles. The maximum absolute atomic E-state index is 4.00. The highest BCUT2D eigenvalue weighted by atomic mass is 32.2. The summed E-state index contributed by atoms with van der Waals surface area (Å²) in [6.45, 7) is 4.66. The molecule has 0 aromatic heterocycles. The number of aryl methyl sites for hydroxylation is 1. The summed E-state index contributed by atoms with van der Waals surface area (Å²) in [6.07, 6.45) is 18.9. The molecule has 1 heterocycles. The smallest absolute Gasteiger partial charge is 0.0364 e. The summed E-state index contributed by atoms with van der Waals surface area (Å²) in [4.78, 5) is 3.75. The number of fused-ring (bicyclic) bond motifs is 1. The van der Waals surface area contributed by atoms with Crippen LogP contribution in [0.1, 0.15) is 64.4 Å². The molecule has 0 bridgehead atoms. The van der Waals surface area contributed by atoms with E-state index < -0.39 is 0 Å². The predicted molar refractivity (Wildman–Crippen MR) is 111 cm³/mol. The molecule has 1 nitrogen and oxygen atoms in total. The van der Waals surface area contributed by atoms with Crippen molar-refractivity contribution in [3.63, 3.8) is 0 Å². The van der Waals surface area contributed by atoms with Gasteiger partial charge in [0.2, 0.25) is 0 Å². The number of terminal acetylenes is 1. The fraction of sp³-hybridized carbons (Fsp3) is 0.636. The Kier molecular flexibility index (Phi) is 9.37. The monoisotopic (exact) mass is 345 g/mol. The van der Waals surface area contributed by atoms with Crippen molar-refractivity contribution in [2.75, 3.05) is 24.7 Å². The fourth-order valence-corrected chi connectivity index (χ4v) is 4.91. The molecule has 1 aromatic carbocycles. The molecule has 0 radical (unpaired) electrons. The first-order valence-corrected chi connectivity index (χ1v) is 10.3. The standard InChI is InChI=1S/C20H33NS.C2H2/c1-5-7-12-20(13-8-6-2)14-11-17-15-18(21(3)4)9-10-19(17)22-16-20;1-2/h9-10,15H,5-8,11-14,16H2,1-4H3;1-2H. The van der Waals surface area contributed by atoms with E-state index in [-0.39, 0.29) is 0 Å². The van der Waals surface area contributed by atoms with Gasteiger partial charge < -0.3 is 4.90 Å². The molecule has 0 aliphatic carbocycles. The highest BCUT2D eigenvalue weighted by Crippen LogP contribution is 2.45. The molecule has 0 atom stereocenters. The molecule has 0 N–H and O–H groups in total. The highest BCUT2D eigenvalue weighted by Gasteiger charge is 2.31. The first kappa shape index (κ1) is 21.0. The molecule has 1 aliphatic rings. The van der Waals surface area contributed by atoms with Gasteiger partial charge in [-0.2, -0.15) is 0 Å². The van der Waals surface area contributed by atoms with E-state index in [9.17, 15) is 0 Å². The van der Waals surface area contributed by atoms with Gasteiger partial charge >= 0.3 is 0 Å². The topological polar surface area (TPSA) is 3.24 Å². The SMILES string of the molecule is C#C.CCCCC1(CCCC)CCc2cc(N(C)C)ccc2SC1. The van der Waals surface area contributed by atoms with E-state index in [1.165, 1.54) is 67.7 Å². The largest absolute Gasteiger partial charge is 0.378 e. The van der Waals surface area contributed by atoms with Crippen LogP contribution >= 0.6 is 11.8 Å². The lowest BCUT2D eigenvalue weighted by atomic mass is 9.75. The number of nitrogens with zero attached hydrogens (tertiary/aromatic N) is 1. The fourth-order valence-electron chi connectivity index (χ4n) is 3.51. The van der Waals surface area contributed by atoms with Crippen molar-refractivity contribution in [2.45, 2.75) is 70.1 Å². The van der Waals surface area contributed by atoms with Gasteiger partial charge in [-0.15, -0.1) is 24.6 Å². The summed E-state index contributed by atoms with van der Waals surface area (Å²) in [5.41, 5.74) is 3.49. The first-order valence-electron chi connectivity index (χ1n) is 9.36. The van der Waals surface area contributed by atoms with Crippen LogP contribution < -0.4 is 4.90 Å². The number of thioether (sulfide) groups is 1. The van der Waals surface area contributed by atoms with E-state index in [0.717, 1.165) is 0 Å². The predicted octanol–water partition coefficient (Wildman–Crippen LogP) is 6.41. The van der Waals surface area contributed by atoms with Gasteiger partial charge in [-0.25, -0.2) is 0 Å². The maximum Gasteiger partial charge on any atom is 0.0364 e. The van der Waals surface area contributed by atoms with Gasteiger partial charge in [0.25, 0.3) is 0 Å². The second-order valence-corrected chi connectivity index (χ2v) is 8.20. The number of benzene rings is 1. The lowest BCUT2D eigenvalue weighted by molar-refractivity contribution is 0.244. The Morgan fingerprint density at radius 1 is 1.08 bits per heavy atom. The minimum atomic E-state index is 0.577. The van der Waals surface area contributed by atoms with Crippen LogP contribution in [-0.2, 0) is 6.42 Å². The molecule has 2 rings (SSSR count). The summed E-state index contributed by atoms with van der Waals surface area (Å²) >= 11 is 2.12. The summed E-state index contributed by atoms with van der Waals surface area (Å²) in [5.74, 6) is 1.32. The van der Waals surface area contributed by atoms with Crippen LogP contribution in [0.25, 0.3) is 0 Å². The molecule has 134 valence electrons. The minimum absolute atomic E-state index is 0.577. The van der Waals surface area contributed by atoms with Crippen LogP contribution in [0.4, 0.5) is 5.69 Å². The molecule has 0 saturated heterocycles. The maximum atomic E-state index is 4.00. The second-order valence-electron chi connectivity index (χ2n) is 7.18. The zero-order valence-corrected chi connectivity index (χ0v) is 16.9. The highest BCUT2D eigenvalue weighted by molar-refractivity contribution is 7.99. The third-order valence-corrected chi connectivity index (χ3v) is 6.61. The molecule has 0 amide bonds. The third kappa shape index (κ3) is 5.78. The van der Waals surface area contributed by atoms with Crippen molar-refractivity contribution >= 4 is 17.4 Å². The molecule has 0 unspecified atom stereocenters. The van der Waals surface area contributed by atoms with Crippen LogP contribution in [0.2, 0.25) is 0 Å².